The summed E-state index contributed by atoms with van der Waals surface area (Å²) in [5.41, 5.74) is 14.6. The fraction of sp³-hybridized carbons (Fsp3) is 0.286. The number of benzene rings is 2. The molecule has 35 heavy (non-hydrogen) atoms. The molecule has 4 N–H and O–H groups in total. The van der Waals surface area contributed by atoms with Crippen molar-refractivity contribution in [2.24, 2.45) is 0 Å². The number of carboxylic acid groups (broad SMARTS) is 1. The first-order valence-electron chi connectivity index (χ1n) is 11.6. The van der Waals surface area contributed by atoms with Crippen molar-refractivity contribution in [2.45, 2.75) is 47.3 Å². The van der Waals surface area contributed by atoms with Gasteiger partial charge in [-0.3, -0.25) is 4.68 Å². The Morgan fingerprint density at radius 2 is 1.66 bits per heavy atom. The number of aromatic nitrogens is 3. The molecule has 0 amide bonds. The van der Waals surface area contributed by atoms with Gasteiger partial charge < -0.3 is 20.7 Å². The third kappa shape index (κ3) is 6.83. The normalized spacial score (nSPS) is 10.7. The first kappa shape index (κ1) is 25.8. The predicted octanol–water partition coefficient (Wildman–Crippen LogP) is 4.70. The second-order valence-corrected chi connectivity index (χ2v) is 8.92. The standard InChI is InChI=1S/C19H21N3O2.C9H14N2/c1-13-9-20-21(10-13)11-16-4-6-17(7-5-16)12-22-14(2)8-18(15(22)3)19(23)24;1-7-5-9(10)4-3-8(7)6-11-2/h4-10H,11-12H2,1-3H3,(H,23,24);3-5,11H,6,10H2,1-2H3. The van der Waals surface area contributed by atoms with Crippen LogP contribution >= 0.6 is 0 Å². The second kappa shape index (κ2) is 11.5. The molecule has 0 fully saturated rings. The molecule has 2 heterocycles. The molecule has 0 aliphatic carbocycles. The van der Waals surface area contributed by atoms with E-state index in [2.05, 4.69) is 47.7 Å². The van der Waals surface area contributed by atoms with Gasteiger partial charge in [0, 0.05) is 36.4 Å². The molecule has 7 heteroatoms. The van der Waals surface area contributed by atoms with Crippen LogP contribution in [0.4, 0.5) is 5.69 Å². The van der Waals surface area contributed by atoms with Crippen LogP contribution < -0.4 is 11.1 Å². The summed E-state index contributed by atoms with van der Waals surface area (Å²) in [6.45, 7) is 10.2. The summed E-state index contributed by atoms with van der Waals surface area (Å²) in [5, 5.41) is 16.6. The van der Waals surface area contributed by atoms with E-state index in [1.54, 1.807) is 6.07 Å². The summed E-state index contributed by atoms with van der Waals surface area (Å²) >= 11 is 0. The Morgan fingerprint density at radius 1 is 1.00 bits per heavy atom. The molecular formula is C28H35N5O2. The van der Waals surface area contributed by atoms with E-state index in [0.717, 1.165) is 41.3 Å². The fourth-order valence-electron chi connectivity index (χ4n) is 4.04. The van der Waals surface area contributed by atoms with E-state index in [4.69, 9.17) is 5.73 Å². The van der Waals surface area contributed by atoms with Gasteiger partial charge in [-0.15, -0.1) is 0 Å². The molecule has 7 nitrogen and oxygen atoms in total. The van der Waals surface area contributed by atoms with Crippen molar-refractivity contribution in [1.29, 1.82) is 0 Å². The molecule has 0 aliphatic rings. The van der Waals surface area contributed by atoms with Crippen LogP contribution in [0.25, 0.3) is 0 Å². The molecule has 0 atom stereocenters. The van der Waals surface area contributed by atoms with Crippen molar-refractivity contribution in [3.63, 3.8) is 0 Å². The maximum atomic E-state index is 11.2. The number of aryl methyl sites for hydroxylation is 3. The van der Waals surface area contributed by atoms with Crippen molar-refractivity contribution >= 4 is 11.7 Å². The molecule has 2 aromatic carbocycles. The summed E-state index contributed by atoms with van der Waals surface area (Å²) in [5.74, 6) is -0.876. The van der Waals surface area contributed by atoms with Gasteiger partial charge in [0.25, 0.3) is 0 Å². The summed E-state index contributed by atoms with van der Waals surface area (Å²) in [4.78, 5) is 11.2. The smallest absolute Gasteiger partial charge is 0.337 e. The largest absolute Gasteiger partial charge is 0.478 e. The van der Waals surface area contributed by atoms with E-state index < -0.39 is 5.97 Å². The Bertz CT molecular complexity index is 1290. The summed E-state index contributed by atoms with van der Waals surface area (Å²) in [7, 11) is 1.94. The van der Waals surface area contributed by atoms with Crippen molar-refractivity contribution in [2.75, 3.05) is 12.8 Å². The Kier molecular flexibility index (Phi) is 8.49. The summed E-state index contributed by atoms with van der Waals surface area (Å²) < 4.78 is 3.96. The zero-order valence-electron chi connectivity index (χ0n) is 21.2. The van der Waals surface area contributed by atoms with Crippen molar-refractivity contribution in [1.82, 2.24) is 19.7 Å². The van der Waals surface area contributed by atoms with Gasteiger partial charge in [0.1, 0.15) is 0 Å². The van der Waals surface area contributed by atoms with Crippen LogP contribution in [0.15, 0.2) is 60.9 Å². The number of nitrogens with one attached hydrogen (secondary N) is 1. The zero-order valence-corrected chi connectivity index (χ0v) is 21.2. The van der Waals surface area contributed by atoms with Gasteiger partial charge in [-0.1, -0.05) is 30.3 Å². The Balaban J connectivity index is 0.000000261. The van der Waals surface area contributed by atoms with Crippen LogP contribution in [0.5, 0.6) is 0 Å². The van der Waals surface area contributed by atoms with E-state index in [9.17, 15) is 9.90 Å². The topological polar surface area (TPSA) is 98.1 Å². The van der Waals surface area contributed by atoms with Crippen molar-refractivity contribution in [3.05, 3.63) is 106 Å². The monoisotopic (exact) mass is 473 g/mol. The maximum absolute atomic E-state index is 11.2. The number of hydrogen-bond acceptors (Lipinski definition) is 4. The van der Waals surface area contributed by atoms with Crippen LogP contribution in [0.1, 0.15) is 49.6 Å². The lowest BCUT2D eigenvalue weighted by atomic mass is 10.1. The lowest BCUT2D eigenvalue weighted by Crippen LogP contribution is -2.06. The highest BCUT2D eigenvalue weighted by molar-refractivity contribution is 5.89. The number of rotatable bonds is 7. The van der Waals surface area contributed by atoms with Gasteiger partial charge in [0.15, 0.2) is 0 Å². The average molecular weight is 474 g/mol. The van der Waals surface area contributed by atoms with Crippen LogP contribution in [0.3, 0.4) is 0 Å². The lowest BCUT2D eigenvalue weighted by Gasteiger charge is -2.10. The van der Waals surface area contributed by atoms with E-state index in [1.165, 1.54) is 16.7 Å². The highest BCUT2D eigenvalue weighted by atomic mass is 16.4. The molecule has 4 aromatic rings. The van der Waals surface area contributed by atoms with Crippen molar-refractivity contribution in [3.8, 4) is 0 Å². The Hall–Kier alpha value is -3.84. The molecule has 0 saturated carbocycles. The highest BCUT2D eigenvalue weighted by Crippen LogP contribution is 2.18. The van der Waals surface area contributed by atoms with Crippen LogP contribution in [-0.4, -0.2) is 32.5 Å². The first-order valence-corrected chi connectivity index (χ1v) is 11.6. The van der Waals surface area contributed by atoms with E-state index in [1.807, 2.05) is 61.6 Å². The van der Waals surface area contributed by atoms with Gasteiger partial charge in [-0.25, -0.2) is 4.79 Å². The van der Waals surface area contributed by atoms with Crippen LogP contribution in [0.2, 0.25) is 0 Å². The minimum absolute atomic E-state index is 0.373. The van der Waals surface area contributed by atoms with E-state index in [0.29, 0.717) is 12.1 Å². The summed E-state index contributed by atoms with van der Waals surface area (Å²) in [6, 6.07) is 16.1. The van der Waals surface area contributed by atoms with Crippen LogP contribution in [-0.2, 0) is 19.6 Å². The third-order valence-electron chi connectivity index (χ3n) is 6.01. The molecule has 0 unspecified atom stereocenters. The van der Waals surface area contributed by atoms with Gasteiger partial charge >= 0.3 is 5.97 Å². The van der Waals surface area contributed by atoms with E-state index in [-0.39, 0.29) is 0 Å². The van der Waals surface area contributed by atoms with Gasteiger partial charge in [-0.05, 0) is 80.8 Å². The fourth-order valence-corrected chi connectivity index (χ4v) is 4.04. The minimum atomic E-state index is -0.876. The number of nitrogen functional groups attached to an aromatic ring is 1. The van der Waals surface area contributed by atoms with Gasteiger partial charge in [-0.2, -0.15) is 5.10 Å². The summed E-state index contributed by atoms with van der Waals surface area (Å²) in [6.07, 6.45) is 3.87. The predicted molar refractivity (Wildman–Crippen MR) is 141 cm³/mol. The van der Waals surface area contributed by atoms with E-state index >= 15 is 0 Å². The second-order valence-electron chi connectivity index (χ2n) is 8.92. The molecule has 0 saturated heterocycles. The molecule has 184 valence electrons. The highest BCUT2D eigenvalue weighted by Gasteiger charge is 2.14. The number of anilines is 1. The van der Waals surface area contributed by atoms with Gasteiger partial charge in [0.05, 0.1) is 18.3 Å². The first-order chi connectivity index (χ1) is 16.7. The molecular weight excluding hydrogens is 438 g/mol. The molecule has 0 spiro atoms. The van der Waals surface area contributed by atoms with Gasteiger partial charge in [0.2, 0.25) is 0 Å². The number of nitrogens with zero attached hydrogens (tertiary/aromatic N) is 3. The Labute approximate surface area is 207 Å². The van der Waals surface area contributed by atoms with Crippen LogP contribution in [0, 0.1) is 27.7 Å². The Morgan fingerprint density at radius 3 is 2.17 bits per heavy atom. The molecule has 4 rings (SSSR count). The maximum Gasteiger partial charge on any atom is 0.337 e. The zero-order chi connectivity index (χ0) is 25.5. The number of carboxylic acids is 1. The van der Waals surface area contributed by atoms with Crippen molar-refractivity contribution < 1.29 is 9.90 Å². The minimum Gasteiger partial charge on any atom is -0.478 e. The molecule has 0 aliphatic heterocycles. The molecule has 0 radical (unpaired) electrons. The quantitative estimate of drug-likeness (QED) is 0.338. The number of nitrogens with two attached hydrogens (primary N) is 1. The number of aromatic carboxylic acids is 1. The average Bonchev–Trinajstić information content (AvgIpc) is 3.35. The molecule has 2 aromatic heterocycles. The third-order valence-corrected chi connectivity index (χ3v) is 6.01. The SMILES string of the molecule is CNCc1ccc(N)cc1C.Cc1cnn(Cc2ccc(Cn3c(C)cc(C(=O)O)c3C)cc2)c1. The number of hydrogen-bond donors (Lipinski definition) is 3. The molecule has 0 bridgehead atoms. The lowest BCUT2D eigenvalue weighted by molar-refractivity contribution is 0.0696. The number of carbonyl (C=O) groups is 1.